The molecular formula is C36H80F4N4O8. The number of halogens is 4. The molecule has 0 bridgehead atoms. The summed E-state index contributed by atoms with van der Waals surface area (Å²) in [6.07, 6.45) is -10.3. The molecule has 0 unspecified atom stereocenters. The van der Waals surface area contributed by atoms with Crippen LogP contribution in [0.3, 0.4) is 0 Å². The molecule has 0 saturated carbocycles. The van der Waals surface area contributed by atoms with Crippen LogP contribution in [0.5, 0.6) is 0 Å². The summed E-state index contributed by atoms with van der Waals surface area (Å²) in [7, 11) is 0. The van der Waals surface area contributed by atoms with E-state index in [2.05, 4.69) is 111 Å². The van der Waals surface area contributed by atoms with Crippen molar-refractivity contribution in [1.82, 2.24) is 0 Å². The molecule has 52 heavy (non-hydrogen) atoms. The second-order valence-corrected chi connectivity index (χ2v) is 11.4. The standard InChI is InChI=1S/4C8H20N.4CHFO2/c4*1-5-9(6-2,7-3)8-4;4*2-1(3)4/h4*5-8H2,1-4H3;4*(H,3,4)/q4*+1;;;;/p-4. The third-order valence-electron chi connectivity index (χ3n) is 10.7. The molecule has 0 saturated heterocycles. The molecule has 0 N–H and O–H groups in total. The van der Waals surface area contributed by atoms with Crippen molar-refractivity contribution < 1.29 is 75.1 Å². The van der Waals surface area contributed by atoms with Gasteiger partial charge in [-0.05, 0) is 111 Å². The van der Waals surface area contributed by atoms with Gasteiger partial charge in [-0.25, -0.2) is 0 Å². The summed E-state index contributed by atoms with van der Waals surface area (Å²) < 4.78 is 44.3. The van der Waals surface area contributed by atoms with Crippen molar-refractivity contribution in [2.45, 2.75) is 111 Å². The first kappa shape index (κ1) is 67.6. The quantitative estimate of drug-likeness (QED) is 0.124. The van der Waals surface area contributed by atoms with Crippen LogP contribution >= 0.6 is 0 Å². The summed E-state index contributed by atoms with van der Waals surface area (Å²) >= 11 is 0. The van der Waals surface area contributed by atoms with Crippen LogP contribution in [-0.4, -0.2) is 148 Å². The van der Waals surface area contributed by atoms with Crippen molar-refractivity contribution in [2.75, 3.05) is 105 Å². The summed E-state index contributed by atoms with van der Waals surface area (Å²) in [6.45, 7) is 56.9. The van der Waals surface area contributed by atoms with Crippen LogP contribution in [0.1, 0.15) is 111 Å². The van der Waals surface area contributed by atoms with E-state index in [1.807, 2.05) is 0 Å². The summed E-state index contributed by atoms with van der Waals surface area (Å²) in [5, 5.41) is 32.9. The molecule has 0 aliphatic heterocycles. The van der Waals surface area contributed by atoms with Gasteiger partial charge in [-0.15, -0.1) is 0 Å². The van der Waals surface area contributed by atoms with E-state index in [-0.39, 0.29) is 0 Å². The van der Waals surface area contributed by atoms with E-state index in [9.17, 15) is 17.6 Å². The first-order valence-corrected chi connectivity index (χ1v) is 18.8. The maximum Gasteiger partial charge on any atom is 0.228 e. The lowest BCUT2D eigenvalue weighted by molar-refractivity contribution is -0.921. The second kappa shape index (κ2) is 44.6. The Hall–Kier alpha value is -2.56. The van der Waals surface area contributed by atoms with Gasteiger partial charge >= 0.3 is 0 Å². The monoisotopic (exact) mass is 773 g/mol. The molecule has 0 radical (unpaired) electrons. The van der Waals surface area contributed by atoms with Gasteiger partial charge in [-0.1, -0.05) is 0 Å². The zero-order chi connectivity index (χ0) is 43.6. The van der Waals surface area contributed by atoms with E-state index in [0.717, 1.165) is 0 Å². The molecule has 0 spiro atoms. The molecule has 0 aromatic heterocycles. The van der Waals surface area contributed by atoms with Crippen molar-refractivity contribution in [3.63, 3.8) is 0 Å². The maximum absolute atomic E-state index is 9.81. The zero-order valence-corrected chi connectivity index (χ0v) is 35.9. The Labute approximate surface area is 315 Å². The van der Waals surface area contributed by atoms with Gasteiger partial charge in [0.05, 0.1) is 105 Å². The average molecular weight is 773 g/mol. The predicted octanol–water partition coefficient (Wildman–Crippen LogP) is 4.73. The normalized spacial score (nSPS) is 10.2. The topological polar surface area (TPSA) is 161 Å². The molecule has 0 rings (SSSR count). The van der Waals surface area contributed by atoms with Crippen molar-refractivity contribution in [3.05, 3.63) is 0 Å². The molecule has 16 heteroatoms. The first-order valence-electron chi connectivity index (χ1n) is 18.8. The highest BCUT2D eigenvalue weighted by Crippen LogP contribution is 2.05. The van der Waals surface area contributed by atoms with E-state index in [4.69, 9.17) is 39.6 Å². The van der Waals surface area contributed by atoms with E-state index >= 15 is 0 Å². The average Bonchev–Trinajstić information content (AvgIpc) is 3.10. The second-order valence-electron chi connectivity index (χ2n) is 11.4. The lowest BCUT2D eigenvalue weighted by Crippen LogP contribution is -2.47. The first-order chi connectivity index (χ1) is 23.9. The molecule has 0 aromatic carbocycles. The Kier molecular flexibility index (Phi) is 57.9. The predicted molar refractivity (Wildman–Crippen MR) is 196 cm³/mol. The third-order valence-corrected chi connectivity index (χ3v) is 10.7. The van der Waals surface area contributed by atoms with Crippen LogP contribution < -0.4 is 20.4 Å². The Morgan fingerprint density at radius 2 is 0.308 bits per heavy atom. The fraction of sp³-hybridized carbons (Fsp3) is 0.889. The molecule has 0 aromatic rings. The summed E-state index contributed by atoms with van der Waals surface area (Å²) in [5.41, 5.74) is 0. The fourth-order valence-corrected chi connectivity index (χ4v) is 5.37. The Bertz CT molecular complexity index is 584. The van der Waals surface area contributed by atoms with Crippen molar-refractivity contribution >= 4 is 24.9 Å². The zero-order valence-electron chi connectivity index (χ0n) is 35.9. The molecular weight excluding hydrogens is 692 g/mol. The molecule has 0 aliphatic carbocycles. The molecule has 320 valence electrons. The van der Waals surface area contributed by atoms with Crippen molar-refractivity contribution in [1.29, 1.82) is 0 Å². The lowest BCUT2D eigenvalue weighted by atomic mass is 10.3. The Morgan fingerprint density at radius 3 is 0.308 bits per heavy atom. The molecule has 12 nitrogen and oxygen atoms in total. The van der Waals surface area contributed by atoms with E-state index < -0.39 is 24.9 Å². The largest absolute Gasteiger partial charge is 0.520 e. The highest BCUT2D eigenvalue weighted by molar-refractivity contribution is 5.52. The van der Waals surface area contributed by atoms with E-state index in [0.29, 0.717) is 0 Å². The number of hydrogen-bond acceptors (Lipinski definition) is 8. The number of nitrogens with zero attached hydrogens (tertiary/aromatic N) is 4. The van der Waals surface area contributed by atoms with Gasteiger partial charge in [-0.3, -0.25) is 0 Å². The van der Waals surface area contributed by atoms with Crippen LogP contribution in [-0.2, 0) is 0 Å². The van der Waals surface area contributed by atoms with Crippen LogP contribution in [0, 0.1) is 0 Å². The van der Waals surface area contributed by atoms with Gasteiger partial charge in [0.2, 0.25) is 24.9 Å². The number of hydrogen-bond donors (Lipinski definition) is 0. The van der Waals surface area contributed by atoms with Gasteiger partial charge < -0.3 is 57.5 Å². The maximum atomic E-state index is 9.81. The van der Waals surface area contributed by atoms with E-state index in [1.54, 1.807) is 0 Å². The molecule has 0 fully saturated rings. The molecule has 0 amide bonds. The molecule has 0 aliphatic rings. The fourth-order valence-electron chi connectivity index (χ4n) is 5.37. The minimum Gasteiger partial charge on any atom is -0.520 e. The van der Waals surface area contributed by atoms with Gasteiger partial charge in [0.25, 0.3) is 0 Å². The van der Waals surface area contributed by atoms with Gasteiger partial charge in [0.1, 0.15) is 0 Å². The Balaban J connectivity index is -0.0000000729. The lowest BCUT2D eigenvalue weighted by Gasteiger charge is -2.34. The third kappa shape index (κ3) is 49.6. The minimum absolute atomic E-state index is 1.28. The van der Waals surface area contributed by atoms with Gasteiger partial charge in [0, 0.05) is 0 Å². The van der Waals surface area contributed by atoms with Crippen molar-refractivity contribution in [2.24, 2.45) is 0 Å². The highest BCUT2D eigenvalue weighted by Gasteiger charge is 2.18. The summed E-state index contributed by atoms with van der Waals surface area (Å²) in [6, 6.07) is 0. The number of carbonyl (C=O) groups excluding carboxylic acids is 4. The molecule has 0 heterocycles. The van der Waals surface area contributed by atoms with Crippen LogP contribution in [0.25, 0.3) is 0 Å². The summed E-state index contributed by atoms with van der Waals surface area (Å²) in [4.78, 5) is 32.9. The van der Waals surface area contributed by atoms with Crippen LogP contribution in [0.15, 0.2) is 0 Å². The number of carboxylic acid groups (broad SMARTS) is 4. The SMILES string of the molecule is CC[N+](CC)(CC)CC.CC[N+](CC)(CC)CC.CC[N+](CC)(CC)CC.CC[N+](CC)(CC)CC.O=C([O-])F.O=C([O-])F.O=C([O-])F.O=C([O-])F. The van der Waals surface area contributed by atoms with Gasteiger partial charge in [-0.2, -0.15) is 17.6 Å². The number of carbonyl (C=O) groups is 4. The van der Waals surface area contributed by atoms with Crippen LogP contribution in [0.2, 0.25) is 0 Å². The number of quaternary nitrogens is 4. The van der Waals surface area contributed by atoms with Crippen molar-refractivity contribution in [3.8, 4) is 0 Å². The molecule has 0 atom stereocenters. The number of rotatable bonds is 16. The summed E-state index contributed by atoms with van der Waals surface area (Å²) in [5.74, 6) is 0. The van der Waals surface area contributed by atoms with Gasteiger partial charge in [0.15, 0.2) is 0 Å². The Morgan fingerprint density at radius 1 is 0.269 bits per heavy atom. The smallest absolute Gasteiger partial charge is 0.228 e. The minimum atomic E-state index is -2.58. The highest BCUT2D eigenvalue weighted by atomic mass is 19.2. The van der Waals surface area contributed by atoms with E-state index in [1.165, 1.54) is 123 Å². The van der Waals surface area contributed by atoms with Crippen LogP contribution in [0.4, 0.5) is 36.7 Å².